The number of hydrogen-bond acceptors (Lipinski definition) is 4. The van der Waals surface area contributed by atoms with Crippen molar-refractivity contribution >= 4 is 5.91 Å². The molecule has 2 rings (SSSR count). The van der Waals surface area contributed by atoms with Crippen LogP contribution < -0.4 is 11.3 Å². The number of rotatable bonds is 3. The first-order chi connectivity index (χ1) is 9.11. The van der Waals surface area contributed by atoms with Crippen molar-refractivity contribution in [2.45, 2.75) is 39.3 Å². The Labute approximate surface area is 114 Å². The van der Waals surface area contributed by atoms with E-state index in [0.717, 1.165) is 18.8 Å². The topological polar surface area (TPSA) is 71.2 Å². The maximum absolute atomic E-state index is 11.5. The Hall–Kier alpha value is -1.46. The molecule has 0 aromatic carbocycles. The lowest BCUT2D eigenvalue weighted by Crippen LogP contribution is -2.42. The fraction of sp³-hybridized carbons (Fsp3) is 0.571. The number of nitrogens with zero attached hydrogens (tertiary/aromatic N) is 2. The highest BCUT2D eigenvalue weighted by atomic mass is 16.2. The Morgan fingerprint density at radius 2 is 2.32 bits per heavy atom. The minimum Gasteiger partial charge on any atom is -0.295 e. The lowest BCUT2D eigenvalue weighted by molar-refractivity contribution is 0.0944. The van der Waals surface area contributed by atoms with E-state index >= 15 is 0 Å². The van der Waals surface area contributed by atoms with Crippen LogP contribution in [-0.2, 0) is 6.54 Å². The molecular formula is C14H22N4O. The van der Waals surface area contributed by atoms with Gasteiger partial charge in [0.15, 0.2) is 0 Å². The molecule has 0 bridgehead atoms. The number of nitrogens with one attached hydrogen (secondary N) is 1. The third kappa shape index (κ3) is 3.30. The van der Waals surface area contributed by atoms with Gasteiger partial charge >= 0.3 is 0 Å². The molecule has 19 heavy (non-hydrogen) atoms. The minimum atomic E-state index is -0.345. The van der Waals surface area contributed by atoms with E-state index in [0.29, 0.717) is 17.7 Å². The van der Waals surface area contributed by atoms with Crippen molar-refractivity contribution in [1.82, 2.24) is 15.3 Å². The summed E-state index contributed by atoms with van der Waals surface area (Å²) in [4.78, 5) is 18.3. The Bertz CT molecular complexity index is 449. The Kier molecular flexibility index (Phi) is 4.50. The van der Waals surface area contributed by atoms with Gasteiger partial charge in [0, 0.05) is 12.6 Å². The Balaban J connectivity index is 2.08. The number of amides is 1. The third-order valence-corrected chi connectivity index (χ3v) is 4.04. The highest BCUT2D eigenvalue weighted by Gasteiger charge is 2.24. The predicted octanol–water partition coefficient (Wildman–Crippen LogP) is 1.31. The number of nitrogens with two attached hydrogens (primary N) is 1. The van der Waals surface area contributed by atoms with Gasteiger partial charge in [0.25, 0.3) is 5.91 Å². The van der Waals surface area contributed by atoms with E-state index < -0.39 is 0 Å². The summed E-state index contributed by atoms with van der Waals surface area (Å²) in [6.07, 6.45) is 2.52. The second-order valence-corrected chi connectivity index (χ2v) is 5.32. The number of likely N-dealkylation sites (tertiary alicyclic amines) is 1. The molecular weight excluding hydrogens is 240 g/mol. The van der Waals surface area contributed by atoms with E-state index in [9.17, 15) is 4.79 Å². The molecule has 2 heterocycles. The van der Waals surface area contributed by atoms with E-state index in [4.69, 9.17) is 5.84 Å². The van der Waals surface area contributed by atoms with Crippen LogP contribution in [-0.4, -0.2) is 28.4 Å². The highest BCUT2D eigenvalue weighted by Crippen LogP contribution is 2.24. The molecule has 104 valence electrons. The molecule has 0 saturated carbocycles. The summed E-state index contributed by atoms with van der Waals surface area (Å²) < 4.78 is 0. The van der Waals surface area contributed by atoms with Gasteiger partial charge < -0.3 is 0 Å². The molecule has 5 heteroatoms. The van der Waals surface area contributed by atoms with Gasteiger partial charge in [-0.15, -0.1) is 0 Å². The van der Waals surface area contributed by atoms with Crippen molar-refractivity contribution < 1.29 is 4.79 Å². The third-order valence-electron chi connectivity index (χ3n) is 4.04. The molecule has 1 aliphatic rings. The number of hydrazine groups is 1. The van der Waals surface area contributed by atoms with Gasteiger partial charge in [-0.2, -0.15) is 0 Å². The van der Waals surface area contributed by atoms with Crippen LogP contribution in [0.15, 0.2) is 18.2 Å². The predicted molar refractivity (Wildman–Crippen MR) is 74.2 cm³/mol. The second-order valence-electron chi connectivity index (χ2n) is 5.32. The smallest absolute Gasteiger partial charge is 0.283 e. The summed E-state index contributed by atoms with van der Waals surface area (Å²) in [5.41, 5.74) is 3.40. The molecule has 0 aliphatic carbocycles. The molecule has 2 unspecified atom stereocenters. The first kappa shape index (κ1) is 14.0. The number of piperidine rings is 1. The molecule has 1 amide bonds. The van der Waals surface area contributed by atoms with E-state index in [1.165, 1.54) is 12.8 Å². The molecule has 1 aliphatic heterocycles. The number of carbonyl (C=O) groups is 1. The summed E-state index contributed by atoms with van der Waals surface area (Å²) in [6, 6.07) is 6.04. The van der Waals surface area contributed by atoms with Gasteiger partial charge in [-0.05, 0) is 44.4 Å². The summed E-state index contributed by atoms with van der Waals surface area (Å²) >= 11 is 0. The summed E-state index contributed by atoms with van der Waals surface area (Å²) in [5, 5.41) is 0. The molecule has 1 aromatic rings. The lowest BCUT2D eigenvalue weighted by atomic mass is 9.92. The zero-order chi connectivity index (χ0) is 13.8. The number of aromatic nitrogens is 1. The van der Waals surface area contributed by atoms with E-state index in [1.807, 2.05) is 12.1 Å². The number of pyridine rings is 1. The molecule has 5 nitrogen and oxygen atoms in total. The standard InChI is InChI=1S/C14H22N4O/c1-10-5-4-8-18(11(10)2)9-12-6-3-7-13(16-12)14(19)17-15/h3,6-7,10-11H,4-5,8-9,15H2,1-2H3,(H,17,19). The van der Waals surface area contributed by atoms with Gasteiger partial charge in [-0.3, -0.25) is 15.1 Å². The average molecular weight is 262 g/mol. The normalized spacial score (nSPS) is 24.2. The first-order valence-corrected chi connectivity index (χ1v) is 6.82. The van der Waals surface area contributed by atoms with Crippen LogP contribution in [0.25, 0.3) is 0 Å². The maximum Gasteiger partial charge on any atom is 0.283 e. The summed E-state index contributed by atoms with van der Waals surface area (Å²) in [7, 11) is 0. The number of carbonyl (C=O) groups excluding carboxylic acids is 1. The molecule has 1 aromatic heterocycles. The van der Waals surface area contributed by atoms with Gasteiger partial charge in [0.05, 0.1) is 5.69 Å². The monoisotopic (exact) mass is 262 g/mol. The largest absolute Gasteiger partial charge is 0.295 e. The summed E-state index contributed by atoms with van der Waals surface area (Å²) in [6.45, 7) is 6.44. The fourth-order valence-corrected chi connectivity index (χ4v) is 2.62. The van der Waals surface area contributed by atoms with Crippen LogP contribution in [0.4, 0.5) is 0 Å². The van der Waals surface area contributed by atoms with Crippen molar-refractivity contribution in [2.24, 2.45) is 11.8 Å². The van der Waals surface area contributed by atoms with Gasteiger partial charge in [-0.1, -0.05) is 13.0 Å². The number of hydrogen-bond donors (Lipinski definition) is 2. The van der Waals surface area contributed by atoms with Crippen molar-refractivity contribution in [3.8, 4) is 0 Å². The first-order valence-electron chi connectivity index (χ1n) is 6.82. The van der Waals surface area contributed by atoms with E-state index in [1.54, 1.807) is 6.07 Å². The molecule has 0 spiro atoms. The van der Waals surface area contributed by atoms with Gasteiger partial charge in [0.2, 0.25) is 0 Å². The zero-order valence-electron chi connectivity index (χ0n) is 11.6. The van der Waals surface area contributed by atoms with Crippen LogP contribution in [0.5, 0.6) is 0 Å². The van der Waals surface area contributed by atoms with Crippen LogP contribution >= 0.6 is 0 Å². The van der Waals surface area contributed by atoms with Crippen LogP contribution in [0.1, 0.15) is 42.9 Å². The van der Waals surface area contributed by atoms with E-state index in [-0.39, 0.29) is 5.91 Å². The van der Waals surface area contributed by atoms with Crippen molar-refractivity contribution in [2.75, 3.05) is 6.54 Å². The quantitative estimate of drug-likeness (QED) is 0.489. The molecule has 1 fully saturated rings. The second kappa shape index (κ2) is 6.12. The highest BCUT2D eigenvalue weighted by molar-refractivity contribution is 5.91. The minimum absolute atomic E-state index is 0.345. The van der Waals surface area contributed by atoms with Crippen LogP contribution in [0, 0.1) is 5.92 Å². The molecule has 2 atom stereocenters. The van der Waals surface area contributed by atoms with E-state index in [2.05, 4.69) is 29.2 Å². The summed E-state index contributed by atoms with van der Waals surface area (Å²) in [5.74, 6) is 5.50. The maximum atomic E-state index is 11.5. The number of nitrogen functional groups attached to an aromatic ring is 1. The average Bonchev–Trinajstić information content (AvgIpc) is 2.43. The molecule has 0 radical (unpaired) electrons. The Morgan fingerprint density at radius 3 is 3.05 bits per heavy atom. The zero-order valence-corrected chi connectivity index (χ0v) is 11.6. The van der Waals surface area contributed by atoms with Crippen molar-refractivity contribution in [1.29, 1.82) is 0 Å². The molecule has 1 saturated heterocycles. The fourth-order valence-electron chi connectivity index (χ4n) is 2.62. The van der Waals surface area contributed by atoms with Gasteiger partial charge in [0.1, 0.15) is 5.69 Å². The van der Waals surface area contributed by atoms with Crippen molar-refractivity contribution in [3.05, 3.63) is 29.6 Å². The van der Waals surface area contributed by atoms with Crippen molar-refractivity contribution in [3.63, 3.8) is 0 Å². The van der Waals surface area contributed by atoms with Gasteiger partial charge in [-0.25, -0.2) is 10.8 Å². The lowest BCUT2D eigenvalue weighted by Gasteiger charge is -2.37. The Morgan fingerprint density at radius 1 is 1.53 bits per heavy atom. The van der Waals surface area contributed by atoms with Crippen LogP contribution in [0.3, 0.4) is 0 Å². The SMILES string of the molecule is CC1CCCN(Cc2cccc(C(=O)NN)n2)C1C. The molecule has 3 N–H and O–H groups in total. The van der Waals surface area contributed by atoms with Crippen LogP contribution in [0.2, 0.25) is 0 Å².